The van der Waals surface area contributed by atoms with Crippen molar-refractivity contribution in [3.8, 4) is 6.07 Å². The minimum atomic E-state index is 0.158. The molecular weight excluding hydrogens is 186 g/mol. The molecule has 3 rings (SSSR count). The highest BCUT2D eigenvalue weighted by molar-refractivity contribution is 6.16. The van der Waals surface area contributed by atoms with Crippen LogP contribution in [0.2, 0.25) is 0 Å². The summed E-state index contributed by atoms with van der Waals surface area (Å²) in [5.74, 6) is 0.158. The largest absolute Gasteiger partial charge is 0.294 e. The van der Waals surface area contributed by atoms with E-state index in [2.05, 4.69) is 6.07 Å². The summed E-state index contributed by atoms with van der Waals surface area (Å²) >= 11 is 0. The van der Waals surface area contributed by atoms with Gasteiger partial charge in [-0.25, -0.2) is 0 Å². The lowest BCUT2D eigenvalue weighted by molar-refractivity contribution is 0.1000. The molecule has 2 nitrogen and oxygen atoms in total. The Labute approximate surface area is 86.8 Å². The van der Waals surface area contributed by atoms with Gasteiger partial charge in [-0.2, -0.15) is 5.26 Å². The number of Topliss-reactive ketones (excluding diaryl/α,β-unsaturated/α-hetero) is 1. The Hall–Kier alpha value is -2.14. The summed E-state index contributed by atoms with van der Waals surface area (Å²) in [5.41, 5.74) is 2.45. The number of carbonyl (C=O) groups excluding carboxylic acids is 1. The second-order valence-corrected chi connectivity index (χ2v) is 3.71. The van der Waals surface area contributed by atoms with Crippen molar-refractivity contribution in [2.75, 3.05) is 0 Å². The summed E-state index contributed by atoms with van der Waals surface area (Å²) in [5, 5.41) is 10.8. The topological polar surface area (TPSA) is 40.9 Å². The van der Waals surface area contributed by atoms with Crippen molar-refractivity contribution in [1.29, 1.82) is 5.26 Å². The van der Waals surface area contributed by atoms with Gasteiger partial charge in [-0.05, 0) is 23.1 Å². The molecule has 0 fully saturated rings. The number of ketones is 1. The summed E-state index contributed by atoms with van der Waals surface area (Å²) in [6.45, 7) is 0. The van der Waals surface area contributed by atoms with Gasteiger partial charge in [0.1, 0.15) is 0 Å². The molecule has 0 aromatic heterocycles. The first-order valence-corrected chi connectivity index (χ1v) is 4.79. The van der Waals surface area contributed by atoms with Crippen molar-refractivity contribution in [3.63, 3.8) is 0 Å². The molecule has 0 aliphatic heterocycles. The van der Waals surface area contributed by atoms with Crippen LogP contribution in [0.15, 0.2) is 30.3 Å². The number of hydrogen-bond acceptors (Lipinski definition) is 2. The third-order valence-corrected chi connectivity index (χ3v) is 2.90. The molecule has 0 radical (unpaired) electrons. The molecule has 2 aromatic rings. The smallest absolute Gasteiger partial charge is 0.167 e. The predicted octanol–water partition coefficient (Wildman–Crippen LogP) is 2.45. The molecule has 0 saturated heterocycles. The Morgan fingerprint density at radius 2 is 2.07 bits per heavy atom. The monoisotopic (exact) mass is 193 g/mol. The van der Waals surface area contributed by atoms with Gasteiger partial charge in [0.15, 0.2) is 5.78 Å². The minimum Gasteiger partial charge on any atom is -0.294 e. The maximum absolute atomic E-state index is 11.7. The van der Waals surface area contributed by atoms with Crippen molar-refractivity contribution in [2.24, 2.45) is 0 Å². The second-order valence-electron chi connectivity index (χ2n) is 3.71. The zero-order valence-corrected chi connectivity index (χ0v) is 7.95. The van der Waals surface area contributed by atoms with Gasteiger partial charge in [0.25, 0.3) is 0 Å². The Balaban J connectivity index is 2.57. The van der Waals surface area contributed by atoms with Crippen molar-refractivity contribution < 1.29 is 4.79 Å². The maximum atomic E-state index is 11.7. The quantitative estimate of drug-likeness (QED) is 0.644. The lowest BCUT2D eigenvalue weighted by Crippen LogP contribution is -1.93. The van der Waals surface area contributed by atoms with E-state index in [1.165, 1.54) is 0 Å². The molecule has 15 heavy (non-hydrogen) atoms. The Morgan fingerprint density at radius 1 is 1.20 bits per heavy atom. The van der Waals surface area contributed by atoms with E-state index in [1.54, 1.807) is 12.1 Å². The van der Waals surface area contributed by atoms with Crippen LogP contribution in [0.1, 0.15) is 21.5 Å². The van der Waals surface area contributed by atoms with Crippen molar-refractivity contribution in [2.45, 2.75) is 6.42 Å². The summed E-state index contributed by atoms with van der Waals surface area (Å²) < 4.78 is 0. The molecular formula is C13H7NO. The highest BCUT2D eigenvalue weighted by Crippen LogP contribution is 2.32. The molecule has 0 heterocycles. The van der Waals surface area contributed by atoms with Crippen LogP contribution in [0.25, 0.3) is 10.8 Å². The average Bonchev–Trinajstić information content (AvgIpc) is 2.58. The normalized spacial score (nSPS) is 13.1. The van der Waals surface area contributed by atoms with E-state index in [9.17, 15) is 4.79 Å². The van der Waals surface area contributed by atoms with Gasteiger partial charge in [-0.15, -0.1) is 0 Å². The lowest BCUT2D eigenvalue weighted by Gasteiger charge is -2.01. The van der Waals surface area contributed by atoms with E-state index >= 15 is 0 Å². The number of rotatable bonds is 0. The zero-order valence-electron chi connectivity index (χ0n) is 7.95. The summed E-state index contributed by atoms with van der Waals surface area (Å²) in [6, 6.07) is 11.4. The first-order chi connectivity index (χ1) is 7.31. The Kier molecular flexibility index (Phi) is 1.46. The maximum Gasteiger partial charge on any atom is 0.167 e. The number of nitriles is 1. The van der Waals surface area contributed by atoms with Crippen LogP contribution in [-0.2, 0) is 6.42 Å². The SMILES string of the molecule is N#Cc1ccc2c3c(cccc13)CC2=O. The van der Waals surface area contributed by atoms with Crippen LogP contribution >= 0.6 is 0 Å². The van der Waals surface area contributed by atoms with Crippen LogP contribution in [0.5, 0.6) is 0 Å². The molecule has 0 spiro atoms. The van der Waals surface area contributed by atoms with Gasteiger partial charge in [0.2, 0.25) is 0 Å². The van der Waals surface area contributed by atoms with E-state index in [-0.39, 0.29) is 5.78 Å². The molecule has 0 atom stereocenters. The van der Waals surface area contributed by atoms with Crippen molar-refractivity contribution in [1.82, 2.24) is 0 Å². The molecule has 0 bridgehead atoms. The number of benzene rings is 2. The molecule has 0 N–H and O–H groups in total. The van der Waals surface area contributed by atoms with Gasteiger partial charge in [-0.3, -0.25) is 4.79 Å². The van der Waals surface area contributed by atoms with E-state index < -0.39 is 0 Å². The van der Waals surface area contributed by atoms with Crippen LogP contribution < -0.4 is 0 Å². The van der Waals surface area contributed by atoms with Gasteiger partial charge in [0, 0.05) is 17.4 Å². The second kappa shape index (κ2) is 2.68. The highest BCUT2D eigenvalue weighted by Gasteiger charge is 2.22. The fourth-order valence-electron chi connectivity index (χ4n) is 2.23. The number of carbonyl (C=O) groups is 1. The van der Waals surface area contributed by atoms with Crippen LogP contribution in [0, 0.1) is 11.3 Å². The molecule has 0 amide bonds. The summed E-state index contributed by atoms with van der Waals surface area (Å²) in [6.07, 6.45) is 0.474. The molecule has 2 aromatic carbocycles. The Bertz CT molecular complexity index is 635. The van der Waals surface area contributed by atoms with Crippen LogP contribution in [0.4, 0.5) is 0 Å². The van der Waals surface area contributed by atoms with E-state index in [0.717, 1.165) is 21.9 Å². The zero-order chi connectivity index (χ0) is 10.4. The molecule has 2 heteroatoms. The van der Waals surface area contributed by atoms with Crippen LogP contribution in [0.3, 0.4) is 0 Å². The first-order valence-electron chi connectivity index (χ1n) is 4.79. The van der Waals surface area contributed by atoms with E-state index in [1.807, 2.05) is 18.2 Å². The third-order valence-electron chi connectivity index (χ3n) is 2.90. The predicted molar refractivity (Wildman–Crippen MR) is 56.7 cm³/mol. The van der Waals surface area contributed by atoms with Gasteiger partial charge >= 0.3 is 0 Å². The summed E-state index contributed by atoms with van der Waals surface area (Å²) in [4.78, 5) is 11.7. The number of hydrogen-bond donors (Lipinski definition) is 0. The van der Waals surface area contributed by atoms with Crippen LogP contribution in [-0.4, -0.2) is 5.78 Å². The van der Waals surface area contributed by atoms with Crippen molar-refractivity contribution in [3.05, 3.63) is 47.0 Å². The molecule has 0 saturated carbocycles. The fraction of sp³-hybridized carbons (Fsp3) is 0.0769. The van der Waals surface area contributed by atoms with E-state index in [4.69, 9.17) is 5.26 Å². The molecule has 0 unspecified atom stereocenters. The third kappa shape index (κ3) is 0.949. The number of nitrogens with zero attached hydrogens (tertiary/aromatic N) is 1. The molecule has 1 aliphatic carbocycles. The van der Waals surface area contributed by atoms with E-state index in [0.29, 0.717) is 12.0 Å². The highest BCUT2D eigenvalue weighted by atomic mass is 16.1. The van der Waals surface area contributed by atoms with Crippen molar-refractivity contribution >= 4 is 16.6 Å². The summed E-state index contributed by atoms with van der Waals surface area (Å²) in [7, 11) is 0. The standard InChI is InChI=1S/C13H7NO/c14-7-9-4-5-11-12(15)6-8-2-1-3-10(9)13(8)11/h1-5H,6H2. The fourth-order valence-corrected chi connectivity index (χ4v) is 2.23. The molecule has 1 aliphatic rings. The van der Waals surface area contributed by atoms with Gasteiger partial charge < -0.3 is 0 Å². The van der Waals surface area contributed by atoms with Gasteiger partial charge in [-0.1, -0.05) is 18.2 Å². The first kappa shape index (κ1) is 8.19. The average molecular weight is 193 g/mol. The lowest BCUT2D eigenvalue weighted by atomic mass is 10.0. The van der Waals surface area contributed by atoms with Gasteiger partial charge in [0.05, 0.1) is 11.6 Å². The Morgan fingerprint density at radius 3 is 2.87 bits per heavy atom. The minimum absolute atomic E-state index is 0.158. The molecule has 70 valence electrons.